The van der Waals surface area contributed by atoms with E-state index in [0.717, 1.165) is 0 Å². The summed E-state index contributed by atoms with van der Waals surface area (Å²) in [6, 6.07) is 17.1. The summed E-state index contributed by atoms with van der Waals surface area (Å²) in [7, 11) is 0. The molecule has 8 heteroatoms. The van der Waals surface area contributed by atoms with Crippen LogP contribution in [0.4, 0.5) is 5.69 Å². The molecule has 4 aromatic rings. The lowest BCUT2D eigenvalue weighted by atomic mass is 10.2. The van der Waals surface area contributed by atoms with Crippen molar-refractivity contribution in [3.05, 3.63) is 81.1 Å². The Morgan fingerprint density at radius 2 is 1.86 bits per heavy atom. The molecule has 0 aliphatic heterocycles. The summed E-state index contributed by atoms with van der Waals surface area (Å²) in [5.41, 5.74) is 2.08. The zero-order valence-corrected chi connectivity index (χ0v) is 16.5. The lowest BCUT2D eigenvalue weighted by molar-refractivity contribution is 0.102. The summed E-state index contributed by atoms with van der Waals surface area (Å²) >= 11 is 17.0. The van der Waals surface area contributed by atoms with E-state index in [2.05, 4.69) is 10.3 Å². The first kappa shape index (κ1) is 18.6. The highest BCUT2D eigenvalue weighted by atomic mass is 35.5. The second-order valence-corrected chi connectivity index (χ2v) is 7.07. The first-order valence-corrected chi connectivity index (χ1v) is 9.32. The normalized spacial score (nSPS) is 10.8. The van der Waals surface area contributed by atoms with Crippen LogP contribution in [0, 0.1) is 4.84 Å². The van der Waals surface area contributed by atoms with Gasteiger partial charge in [-0.25, -0.2) is 0 Å². The lowest BCUT2D eigenvalue weighted by Gasteiger charge is -2.09. The summed E-state index contributed by atoms with van der Waals surface area (Å²) in [6.45, 7) is 0. The van der Waals surface area contributed by atoms with Crippen LogP contribution in [0.25, 0.3) is 11.1 Å². The van der Waals surface area contributed by atoms with Crippen molar-refractivity contribution >= 4 is 58.1 Å². The fraction of sp³-hybridized carbons (Fsp3) is 0. The number of fused-ring (bicyclic) bond motifs is 1. The van der Waals surface area contributed by atoms with Gasteiger partial charge in [-0.2, -0.15) is 0 Å². The Morgan fingerprint density at radius 3 is 2.61 bits per heavy atom. The molecule has 28 heavy (non-hydrogen) atoms. The second kappa shape index (κ2) is 7.67. The van der Waals surface area contributed by atoms with Gasteiger partial charge in [-0.1, -0.05) is 29.3 Å². The van der Waals surface area contributed by atoms with Crippen LogP contribution in [0.3, 0.4) is 0 Å². The summed E-state index contributed by atoms with van der Waals surface area (Å²) in [5.74, 6) is 0.752. The number of aromatic amines is 1. The number of nitrogens with one attached hydrogen (secondary N) is 2. The number of oxazole rings is 1. The van der Waals surface area contributed by atoms with Crippen molar-refractivity contribution in [2.45, 2.75) is 0 Å². The number of H-pyrrole nitrogens is 1. The average Bonchev–Trinajstić information content (AvgIpc) is 3.05. The van der Waals surface area contributed by atoms with Gasteiger partial charge >= 0.3 is 0 Å². The van der Waals surface area contributed by atoms with Crippen LogP contribution < -0.4 is 10.1 Å². The molecule has 0 aliphatic carbocycles. The maximum Gasteiger partial charge on any atom is 0.266 e. The summed E-state index contributed by atoms with van der Waals surface area (Å²) in [4.78, 5) is 15.7. The van der Waals surface area contributed by atoms with Gasteiger partial charge in [0.25, 0.3) is 10.7 Å². The molecule has 0 radical (unpaired) electrons. The third-order valence-corrected chi connectivity index (χ3v) is 4.64. The number of ether oxygens (including phenoxy) is 1. The molecule has 0 saturated heterocycles. The van der Waals surface area contributed by atoms with E-state index in [1.54, 1.807) is 60.7 Å². The Morgan fingerprint density at radius 1 is 1.07 bits per heavy atom. The second-order valence-electron chi connectivity index (χ2n) is 5.85. The summed E-state index contributed by atoms with van der Waals surface area (Å²) in [6.07, 6.45) is 0. The minimum atomic E-state index is -0.308. The molecule has 0 atom stereocenters. The molecule has 3 aromatic carbocycles. The molecule has 0 fully saturated rings. The van der Waals surface area contributed by atoms with Crippen LogP contribution in [-0.2, 0) is 0 Å². The first-order valence-electron chi connectivity index (χ1n) is 8.16. The molecule has 0 aliphatic rings. The minimum absolute atomic E-state index is 0.220. The van der Waals surface area contributed by atoms with Gasteiger partial charge in [0.15, 0.2) is 5.58 Å². The van der Waals surface area contributed by atoms with Crippen LogP contribution in [0.2, 0.25) is 10.0 Å². The predicted molar refractivity (Wildman–Crippen MR) is 112 cm³/mol. The van der Waals surface area contributed by atoms with Crippen LogP contribution in [0.15, 0.2) is 65.1 Å². The number of aromatic nitrogens is 1. The van der Waals surface area contributed by atoms with Gasteiger partial charge in [-0.05, 0) is 66.8 Å². The number of carbonyl (C=O) groups is 1. The molecule has 0 saturated carbocycles. The van der Waals surface area contributed by atoms with Crippen LogP contribution in [0.1, 0.15) is 10.4 Å². The van der Waals surface area contributed by atoms with Crippen molar-refractivity contribution in [3.63, 3.8) is 0 Å². The van der Waals surface area contributed by atoms with Gasteiger partial charge < -0.3 is 19.5 Å². The SMILES string of the molecule is O=C(Nc1ccc(Oc2ccc(Cl)cc2Cl)cc1)c1cccc2[nH]c(=S)oc12. The number of hydrogen-bond donors (Lipinski definition) is 2. The van der Waals surface area contributed by atoms with Crippen molar-refractivity contribution in [1.82, 2.24) is 4.98 Å². The highest BCUT2D eigenvalue weighted by Gasteiger charge is 2.14. The fourth-order valence-electron chi connectivity index (χ4n) is 2.64. The zero-order chi connectivity index (χ0) is 19.7. The molecule has 5 nitrogen and oxygen atoms in total. The van der Waals surface area contributed by atoms with E-state index in [9.17, 15) is 4.79 Å². The molecule has 0 unspecified atom stereocenters. The monoisotopic (exact) mass is 430 g/mol. The number of anilines is 1. The van der Waals surface area contributed by atoms with E-state index in [4.69, 9.17) is 44.6 Å². The predicted octanol–water partition coefficient (Wildman–Crippen LogP) is 6.84. The van der Waals surface area contributed by atoms with Gasteiger partial charge in [0.2, 0.25) is 0 Å². The van der Waals surface area contributed by atoms with Gasteiger partial charge in [-0.15, -0.1) is 0 Å². The van der Waals surface area contributed by atoms with E-state index >= 15 is 0 Å². The van der Waals surface area contributed by atoms with E-state index < -0.39 is 0 Å². The summed E-state index contributed by atoms with van der Waals surface area (Å²) < 4.78 is 11.2. The van der Waals surface area contributed by atoms with Gasteiger partial charge in [-0.3, -0.25) is 4.79 Å². The highest BCUT2D eigenvalue weighted by Crippen LogP contribution is 2.32. The molecule has 0 bridgehead atoms. The van der Waals surface area contributed by atoms with E-state index in [1.807, 2.05) is 0 Å². The Bertz CT molecular complexity index is 1230. The van der Waals surface area contributed by atoms with Crippen LogP contribution in [-0.4, -0.2) is 10.9 Å². The number of halogens is 2. The van der Waals surface area contributed by atoms with Crippen LogP contribution >= 0.6 is 35.4 Å². The van der Waals surface area contributed by atoms with Gasteiger partial charge in [0.1, 0.15) is 11.5 Å². The van der Waals surface area contributed by atoms with Gasteiger partial charge in [0.05, 0.1) is 16.1 Å². The maximum atomic E-state index is 12.6. The third-order valence-electron chi connectivity index (χ3n) is 3.93. The van der Waals surface area contributed by atoms with Crippen molar-refractivity contribution in [2.75, 3.05) is 5.32 Å². The van der Waals surface area contributed by atoms with Crippen molar-refractivity contribution < 1.29 is 13.9 Å². The minimum Gasteiger partial charge on any atom is -0.456 e. The van der Waals surface area contributed by atoms with Crippen LogP contribution in [0.5, 0.6) is 11.5 Å². The summed E-state index contributed by atoms with van der Waals surface area (Å²) in [5, 5.41) is 3.77. The highest BCUT2D eigenvalue weighted by molar-refractivity contribution is 7.71. The maximum absolute atomic E-state index is 12.6. The topological polar surface area (TPSA) is 67.3 Å². The molecule has 1 amide bonds. The Hall–Kier alpha value is -2.80. The molecular weight excluding hydrogens is 419 g/mol. The largest absolute Gasteiger partial charge is 0.456 e. The fourth-order valence-corrected chi connectivity index (χ4v) is 3.28. The number of carbonyl (C=O) groups excluding carboxylic acids is 1. The molecule has 140 valence electrons. The number of para-hydroxylation sites is 1. The number of benzene rings is 3. The number of hydrogen-bond acceptors (Lipinski definition) is 4. The van der Waals surface area contributed by atoms with Gasteiger partial charge in [0, 0.05) is 10.7 Å². The standard InChI is InChI=1S/C20H12Cl2N2O3S/c21-11-4-9-17(15(22)10-11)26-13-7-5-12(6-8-13)23-19(25)14-2-1-3-16-18(14)27-20(28)24-16/h1-10H,(H,23,25)(H,24,28). The Labute approximate surface area is 174 Å². The Balaban J connectivity index is 1.51. The van der Waals surface area contributed by atoms with E-state index in [1.165, 1.54) is 0 Å². The van der Waals surface area contributed by atoms with Crippen molar-refractivity contribution in [2.24, 2.45) is 0 Å². The molecule has 0 spiro atoms. The van der Waals surface area contributed by atoms with Crippen molar-refractivity contribution in [1.29, 1.82) is 0 Å². The number of amides is 1. The van der Waals surface area contributed by atoms with Crippen molar-refractivity contribution in [3.8, 4) is 11.5 Å². The molecule has 1 heterocycles. The molecular formula is C20H12Cl2N2O3S. The van der Waals surface area contributed by atoms with E-state index in [0.29, 0.717) is 43.9 Å². The zero-order valence-electron chi connectivity index (χ0n) is 14.2. The first-order chi connectivity index (χ1) is 13.5. The molecule has 1 aromatic heterocycles. The third kappa shape index (κ3) is 3.89. The Kier molecular flexibility index (Phi) is 5.09. The van der Waals surface area contributed by atoms with E-state index in [-0.39, 0.29) is 10.7 Å². The quantitative estimate of drug-likeness (QED) is 0.347. The number of rotatable bonds is 4. The smallest absolute Gasteiger partial charge is 0.266 e. The lowest BCUT2D eigenvalue weighted by Crippen LogP contribution is -2.12. The molecule has 2 N–H and O–H groups in total. The molecule has 4 rings (SSSR count). The average molecular weight is 431 g/mol.